The monoisotopic (exact) mass is 446 g/mol. The standard InChI is InChI=1S/C21H26N4O5S/c1-28-12-19(27)25(15-5-3-2-4-6-15)10-9-18(26)22-21-24-23-20(31-21)14-7-8-16-17(11-14)30-13-29-16/h7-8,11,15H,2-6,9-10,12-13H2,1H3,(H,22,24,26). The fourth-order valence-electron chi connectivity index (χ4n) is 3.93. The van der Waals surface area contributed by atoms with Crippen molar-refractivity contribution in [3.05, 3.63) is 18.2 Å². The Morgan fingerprint density at radius 1 is 1.19 bits per heavy atom. The second-order valence-corrected chi connectivity index (χ2v) is 8.57. The lowest BCUT2D eigenvalue weighted by Gasteiger charge is -2.34. The number of carbonyl (C=O) groups is 2. The number of nitrogens with one attached hydrogen (secondary N) is 1. The van der Waals surface area contributed by atoms with Crippen LogP contribution >= 0.6 is 11.3 Å². The summed E-state index contributed by atoms with van der Waals surface area (Å²) in [4.78, 5) is 26.8. The SMILES string of the molecule is COCC(=O)N(CCC(=O)Nc1nnc(-c2ccc3c(c2)OCO3)s1)C1CCCCC1. The average molecular weight is 447 g/mol. The number of methoxy groups -OCH3 is 1. The van der Waals surface area contributed by atoms with Gasteiger partial charge in [0.15, 0.2) is 11.5 Å². The second kappa shape index (κ2) is 10.1. The quantitative estimate of drug-likeness (QED) is 0.665. The summed E-state index contributed by atoms with van der Waals surface area (Å²) in [6.07, 6.45) is 5.58. The number of aromatic nitrogens is 2. The number of hydrogen-bond acceptors (Lipinski definition) is 8. The highest BCUT2D eigenvalue weighted by atomic mass is 32.1. The van der Waals surface area contributed by atoms with E-state index < -0.39 is 0 Å². The predicted octanol–water partition coefficient (Wildman–Crippen LogP) is 3.07. The molecule has 1 fully saturated rings. The summed E-state index contributed by atoms with van der Waals surface area (Å²) in [7, 11) is 1.51. The van der Waals surface area contributed by atoms with E-state index in [1.807, 2.05) is 18.2 Å². The lowest BCUT2D eigenvalue weighted by molar-refractivity contribution is -0.138. The maximum Gasteiger partial charge on any atom is 0.248 e. The van der Waals surface area contributed by atoms with Crippen molar-refractivity contribution in [2.75, 3.05) is 32.4 Å². The number of amides is 2. The van der Waals surface area contributed by atoms with E-state index in [-0.39, 0.29) is 37.7 Å². The zero-order chi connectivity index (χ0) is 21.6. The fraction of sp³-hybridized carbons (Fsp3) is 0.524. The van der Waals surface area contributed by atoms with Crippen LogP contribution in [-0.4, -0.2) is 60.0 Å². The average Bonchev–Trinajstić information content (AvgIpc) is 3.43. The zero-order valence-corrected chi connectivity index (χ0v) is 18.3. The largest absolute Gasteiger partial charge is 0.454 e. The molecule has 4 rings (SSSR count). The van der Waals surface area contributed by atoms with Gasteiger partial charge in [0.25, 0.3) is 0 Å². The van der Waals surface area contributed by atoms with Crippen molar-refractivity contribution in [1.29, 1.82) is 0 Å². The summed E-state index contributed by atoms with van der Waals surface area (Å²) in [5.74, 6) is 1.11. The minimum Gasteiger partial charge on any atom is -0.454 e. The molecule has 1 aliphatic carbocycles. The van der Waals surface area contributed by atoms with Gasteiger partial charge in [0.05, 0.1) is 0 Å². The summed E-state index contributed by atoms with van der Waals surface area (Å²) in [5, 5.41) is 12.1. The molecule has 0 radical (unpaired) electrons. The van der Waals surface area contributed by atoms with Crippen LogP contribution in [-0.2, 0) is 14.3 Å². The van der Waals surface area contributed by atoms with Gasteiger partial charge in [-0.3, -0.25) is 9.59 Å². The molecule has 1 saturated carbocycles. The molecule has 2 aliphatic rings. The van der Waals surface area contributed by atoms with Crippen molar-refractivity contribution in [2.45, 2.75) is 44.6 Å². The van der Waals surface area contributed by atoms with E-state index in [2.05, 4.69) is 15.5 Å². The van der Waals surface area contributed by atoms with Gasteiger partial charge in [-0.2, -0.15) is 0 Å². The summed E-state index contributed by atoms with van der Waals surface area (Å²) in [6.45, 7) is 0.612. The number of anilines is 1. The summed E-state index contributed by atoms with van der Waals surface area (Å²) >= 11 is 1.29. The van der Waals surface area contributed by atoms with Crippen LogP contribution in [0.25, 0.3) is 10.6 Å². The first-order valence-electron chi connectivity index (χ1n) is 10.5. The molecular formula is C21H26N4O5S. The molecule has 2 amide bonds. The van der Waals surface area contributed by atoms with Gasteiger partial charge in [-0.05, 0) is 31.0 Å². The van der Waals surface area contributed by atoms with Crippen LogP contribution in [0.4, 0.5) is 5.13 Å². The molecule has 1 aromatic carbocycles. The van der Waals surface area contributed by atoms with Crippen LogP contribution in [0.2, 0.25) is 0 Å². The molecule has 31 heavy (non-hydrogen) atoms. The molecule has 2 aromatic rings. The molecule has 0 atom stereocenters. The van der Waals surface area contributed by atoms with Gasteiger partial charge < -0.3 is 24.4 Å². The van der Waals surface area contributed by atoms with E-state index in [4.69, 9.17) is 14.2 Å². The third-order valence-electron chi connectivity index (χ3n) is 5.47. The van der Waals surface area contributed by atoms with Gasteiger partial charge in [-0.15, -0.1) is 10.2 Å². The molecule has 166 valence electrons. The highest BCUT2D eigenvalue weighted by Crippen LogP contribution is 2.37. The molecule has 0 saturated heterocycles. The van der Waals surface area contributed by atoms with E-state index >= 15 is 0 Å². The van der Waals surface area contributed by atoms with Crippen molar-refractivity contribution in [3.8, 4) is 22.1 Å². The Morgan fingerprint density at radius 2 is 2.00 bits per heavy atom. The van der Waals surface area contributed by atoms with E-state index in [0.717, 1.165) is 31.2 Å². The normalized spacial score (nSPS) is 15.6. The zero-order valence-electron chi connectivity index (χ0n) is 17.5. The van der Waals surface area contributed by atoms with Crippen LogP contribution in [0, 0.1) is 0 Å². The number of rotatable bonds is 8. The summed E-state index contributed by atoms with van der Waals surface area (Å²) < 4.78 is 15.7. The maximum atomic E-state index is 12.5. The minimum atomic E-state index is -0.195. The highest BCUT2D eigenvalue weighted by Gasteiger charge is 2.26. The molecule has 1 N–H and O–H groups in total. The van der Waals surface area contributed by atoms with Gasteiger partial charge in [0.1, 0.15) is 11.6 Å². The van der Waals surface area contributed by atoms with E-state index in [9.17, 15) is 9.59 Å². The lowest BCUT2D eigenvalue weighted by Crippen LogP contribution is -2.44. The first-order chi connectivity index (χ1) is 15.1. The number of nitrogens with zero attached hydrogens (tertiary/aromatic N) is 3. The Morgan fingerprint density at radius 3 is 2.81 bits per heavy atom. The Kier molecular flexibility index (Phi) is 6.98. The molecule has 0 spiro atoms. The Bertz CT molecular complexity index is 928. The molecule has 10 heteroatoms. The van der Waals surface area contributed by atoms with Gasteiger partial charge in [-0.25, -0.2) is 0 Å². The Labute approximate surface area is 184 Å². The van der Waals surface area contributed by atoms with E-state index in [1.54, 1.807) is 4.90 Å². The summed E-state index contributed by atoms with van der Waals surface area (Å²) in [5.41, 5.74) is 0.843. The van der Waals surface area contributed by atoms with Crippen LogP contribution in [0.15, 0.2) is 18.2 Å². The Balaban J connectivity index is 1.34. The fourth-order valence-corrected chi connectivity index (χ4v) is 4.69. The lowest BCUT2D eigenvalue weighted by atomic mass is 9.94. The number of benzene rings is 1. The topological polar surface area (TPSA) is 103 Å². The van der Waals surface area contributed by atoms with Crippen LogP contribution < -0.4 is 14.8 Å². The van der Waals surface area contributed by atoms with Gasteiger partial charge in [0.2, 0.25) is 23.7 Å². The first-order valence-corrected chi connectivity index (χ1v) is 11.3. The molecule has 2 heterocycles. The van der Waals surface area contributed by atoms with Crippen molar-refractivity contribution >= 4 is 28.3 Å². The van der Waals surface area contributed by atoms with Crippen molar-refractivity contribution in [1.82, 2.24) is 15.1 Å². The van der Waals surface area contributed by atoms with Crippen molar-refractivity contribution < 1.29 is 23.8 Å². The first kappa shape index (κ1) is 21.5. The van der Waals surface area contributed by atoms with Crippen molar-refractivity contribution in [2.24, 2.45) is 0 Å². The van der Waals surface area contributed by atoms with Gasteiger partial charge in [-0.1, -0.05) is 30.6 Å². The smallest absolute Gasteiger partial charge is 0.248 e. The second-order valence-electron chi connectivity index (χ2n) is 7.59. The molecule has 0 unspecified atom stereocenters. The minimum absolute atomic E-state index is 0.0351. The molecule has 1 aromatic heterocycles. The highest BCUT2D eigenvalue weighted by molar-refractivity contribution is 7.18. The third-order valence-corrected chi connectivity index (χ3v) is 6.36. The van der Waals surface area contributed by atoms with Gasteiger partial charge in [0, 0.05) is 31.7 Å². The Hall–Kier alpha value is -2.72. The number of fused-ring (bicyclic) bond motifs is 1. The number of hydrogen-bond donors (Lipinski definition) is 1. The molecule has 9 nitrogen and oxygen atoms in total. The van der Waals surface area contributed by atoms with Crippen LogP contribution in [0.1, 0.15) is 38.5 Å². The summed E-state index contributed by atoms with van der Waals surface area (Å²) in [6, 6.07) is 5.73. The van der Waals surface area contributed by atoms with Crippen molar-refractivity contribution in [3.63, 3.8) is 0 Å². The number of ether oxygens (including phenoxy) is 3. The molecule has 1 aliphatic heterocycles. The van der Waals surface area contributed by atoms with Crippen LogP contribution in [0.5, 0.6) is 11.5 Å². The maximum absolute atomic E-state index is 12.5. The molecular weight excluding hydrogens is 420 g/mol. The third kappa shape index (κ3) is 5.31. The van der Waals surface area contributed by atoms with E-state index in [1.165, 1.54) is 24.9 Å². The van der Waals surface area contributed by atoms with Crippen LogP contribution in [0.3, 0.4) is 0 Å². The van der Waals surface area contributed by atoms with E-state index in [0.29, 0.717) is 28.2 Å². The van der Waals surface area contributed by atoms with Gasteiger partial charge >= 0.3 is 0 Å². The predicted molar refractivity (Wildman–Crippen MR) is 115 cm³/mol. The molecule has 0 bridgehead atoms. The number of carbonyl (C=O) groups excluding carboxylic acids is 2.